The molecule has 4 heteroatoms. The highest BCUT2D eigenvalue weighted by atomic mass is 32.4. The molecule has 0 amide bonds. The standard InChI is InChI=1S/C61H42BNSSi/c1-65(59-37-17-15-35-57(59)63(42-22-6-3-7-23-42)62(41-20-4-2-5-21-41)56-34-14-16-36-58(56)64-65)43-38-39-50-46-26-10-13-29-49(46)52-31-18-30-51-47-27-11-8-24-44(47)45-25-9-12-28-48(45)53-32-19-33-54(55(50)40-43)61(53)60(51)52/h2-40H,1H3. The molecule has 0 N–H and O–H groups in total. The molecule has 1 unspecified atom stereocenters. The van der Waals surface area contributed by atoms with E-state index < -0.39 is 7.22 Å². The summed E-state index contributed by atoms with van der Waals surface area (Å²) in [5, 5.41) is 18.0. The molecule has 304 valence electrons. The van der Waals surface area contributed by atoms with E-state index in [1.165, 1.54) is 113 Å². The smallest absolute Gasteiger partial charge is 0.329 e. The second kappa shape index (κ2) is 15.1. The van der Waals surface area contributed by atoms with Crippen molar-refractivity contribution < 1.29 is 0 Å². The normalized spacial score (nSPS) is 15.1. The summed E-state index contributed by atoms with van der Waals surface area (Å²) in [4.78, 5) is 3.95. The highest BCUT2D eigenvalue weighted by Gasteiger charge is 2.43. The Bertz CT molecular complexity index is 3850. The predicted octanol–water partition coefficient (Wildman–Crippen LogP) is 14.0. The summed E-state index contributed by atoms with van der Waals surface area (Å²) in [6, 6.07) is 89.3. The molecule has 0 saturated carbocycles. The molecule has 0 radical (unpaired) electrons. The molecule has 1 heterocycles. The lowest BCUT2D eigenvalue weighted by molar-refractivity contribution is 1.38. The van der Waals surface area contributed by atoms with Gasteiger partial charge >= 0.3 is 6.85 Å². The SMILES string of the molecule is C[Si]1(c2ccc3c(c2)c2cccc4c2-c2c(cccc2c2ccccc23)c2ccccc2c2ccccc42)Sc2ccccc2B(c2ccccc2)N(c2ccccc2)c2ccccc21. The summed E-state index contributed by atoms with van der Waals surface area (Å²) in [5.74, 6) is 0. The third-order valence-electron chi connectivity index (χ3n) is 14.1. The molecule has 0 saturated heterocycles. The maximum absolute atomic E-state index is 2.70. The zero-order valence-corrected chi connectivity index (χ0v) is 37.8. The first-order valence-electron chi connectivity index (χ1n) is 22.6. The molecule has 0 spiro atoms. The van der Waals surface area contributed by atoms with Crippen LogP contribution in [0.25, 0.3) is 75.8 Å². The van der Waals surface area contributed by atoms with Gasteiger partial charge in [-0.1, -0.05) is 224 Å². The Morgan fingerprint density at radius 3 is 1.38 bits per heavy atom. The van der Waals surface area contributed by atoms with Gasteiger partial charge < -0.3 is 4.81 Å². The minimum absolute atomic E-state index is 0.0274. The van der Waals surface area contributed by atoms with Gasteiger partial charge in [0.15, 0.2) is 7.22 Å². The highest BCUT2D eigenvalue weighted by molar-refractivity contribution is 8.31. The third kappa shape index (κ3) is 5.87. The van der Waals surface area contributed by atoms with Gasteiger partial charge in [0.2, 0.25) is 0 Å². The van der Waals surface area contributed by atoms with Crippen molar-refractivity contribution in [3.8, 4) is 11.1 Å². The monoisotopic (exact) mass is 859 g/mol. The molecule has 3 aliphatic rings. The van der Waals surface area contributed by atoms with Crippen LogP contribution in [0.15, 0.2) is 241 Å². The lowest BCUT2D eigenvalue weighted by atomic mass is 9.48. The minimum Gasteiger partial charge on any atom is -0.377 e. The Kier molecular flexibility index (Phi) is 8.87. The van der Waals surface area contributed by atoms with Crippen LogP contribution in [0.1, 0.15) is 0 Å². The molecule has 1 nitrogen and oxygen atoms in total. The maximum atomic E-state index is 2.62. The first kappa shape index (κ1) is 38.1. The zero-order valence-electron chi connectivity index (χ0n) is 35.9. The second-order valence-electron chi connectivity index (χ2n) is 17.6. The van der Waals surface area contributed by atoms with E-state index in [4.69, 9.17) is 0 Å². The summed E-state index contributed by atoms with van der Waals surface area (Å²) in [6.07, 6.45) is 0. The number of anilines is 2. The van der Waals surface area contributed by atoms with E-state index in [-0.39, 0.29) is 6.85 Å². The average molecular weight is 860 g/mol. The van der Waals surface area contributed by atoms with Crippen molar-refractivity contribution in [3.63, 3.8) is 0 Å². The van der Waals surface area contributed by atoms with E-state index in [1.54, 1.807) is 0 Å². The van der Waals surface area contributed by atoms with Gasteiger partial charge in [-0.05, 0) is 121 Å². The Labute approximate surface area is 384 Å². The summed E-state index contributed by atoms with van der Waals surface area (Å²) >= 11 is 2.12. The van der Waals surface area contributed by atoms with E-state index in [0.717, 1.165) is 0 Å². The van der Waals surface area contributed by atoms with Crippen LogP contribution in [-0.4, -0.2) is 14.1 Å². The van der Waals surface area contributed by atoms with Gasteiger partial charge in [-0.25, -0.2) is 0 Å². The molecule has 0 fully saturated rings. The van der Waals surface area contributed by atoms with Crippen LogP contribution in [-0.2, 0) is 0 Å². The van der Waals surface area contributed by atoms with Gasteiger partial charge in [0.25, 0.3) is 0 Å². The van der Waals surface area contributed by atoms with Crippen LogP contribution in [0.2, 0.25) is 6.55 Å². The van der Waals surface area contributed by atoms with Crippen molar-refractivity contribution in [2.75, 3.05) is 4.81 Å². The molecule has 0 aromatic heterocycles. The second-order valence-corrected chi connectivity index (χ2v) is 24.5. The first-order valence-corrected chi connectivity index (χ1v) is 26.7. The minimum atomic E-state index is -2.70. The molecule has 65 heavy (non-hydrogen) atoms. The van der Waals surface area contributed by atoms with Crippen molar-refractivity contribution in [2.24, 2.45) is 0 Å². The molecule has 1 aliphatic heterocycles. The number of nitrogens with zero attached hydrogens (tertiary/aromatic N) is 1. The molecule has 10 aromatic carbocycles. The van der Waals surface area contributed by atoms with Gasteiger partial charge in [-0.15, -0.1) is 11.2 Å². The Hall–Kier alpha value is -7.37. The van der Waals surface area contributed by atoms with E-state index in [9.17, 15) is 0 Å². The van der Waals surface area contributed by atoms with Crippen LogP contribution in [0.5, 0.6) is 0 Å². The molecule has 13 rings (SSSR count). The Morgan fingerprint density at radius 2 is 0.800 bits per heavy atom. The lowest BCUT2D eigenvalue weighted by Gasteiger charge is -2.41. The molecule has 0 bridgehead atoms. The fourth-order valence-corrected chi connectivity index (χ4v) is 18.0. The average Bonchev–Trinajstić information content (AvgIpc) is 3.37. The number of para-hydroxylation sites is 2. The zero-order chi connectivity index (χ0) is 43.1. The summed E-state index contributed by atoms with van der Waals surface area (Å²) < 4.78 is 0. The fourth-order valence-electron chi connectivity index (χ4n) is 11.2. The van der Waals surface area contributed by atoms with E-state index in [1.807, 2.05) is 0 Å². The molecular weight excluding hydrogens is 818 g/mol. The summed E-state index contributed by atoms with van der Waals surface area (Å²) in [5.41, 5.74) is 7.65. The number of hydrogen-bond donors (Lipinski definition) is 0. The van der Waals surface area contributed by atoms with E-state index >= 15 is 0 Å². The Morgan fingerprint density at radius 1 is 0.369 bits per heavy atom. The van der Waals surface area contributed by atoms with Crippen LogP contribution >= 0.6 is 11.2 Å². The van der Waals surface area contributed by atoms with Crippen LogP contribution in [0, 0.1) is 0 Å². The van der Waals surface area contributed by atoms with Crippen molar-refractivity contribution >= 4 is 123 Å². The van der Waals surface area contributed by atoms with E-state index in [2.05, 4.69) is 259 Å². The van der Waals surface area contributed by atoms with Crippen LogP contribution in [0.4, 0.5) is 11.4 Å². The third-order valence-corrected chi connectivity index (χ3v) is 21.2. The maximum Gasteiger partial charge on any atom is 0.329 e. The first-order chi connectivity index (χ1) is 32.2. The van der Waals surface area contributed by atoms with Crippen molar-refractivity contribution in [3.05, 3.63) is 237 Å². The molecular formula is C61H42BNSSi. The topological polar surface area (TPSA) is 3.24 Å². The Balaban J connectivity index is 1.18. The number of benzene rings is 10. The largest absolute Gasteiger partial charge is 0.377 e. The molecule has 2 aliphatic carbocycles. The van der Waals surface area contributed by atoms with Gasteiger partial charge in [0.1, 0.15) is 0 Å². The van der Waals surface area contributed by atoms with Crippen molar-refractivity contribution in [1.82, 2.24) is 0 Å². The summed E-state index contributed by atoms with van der Waals surface area (Å²) in [6.45, 7) is 2.56. The molecule has 10 aromatic rings. The quantitative estimate of drug-likeness (QED) is 0.163. The highest BCUT2D eigenvalue weighted by Crippen LogP contribution is 2.47. The number of hydrogen-bond acceptors (Lipinski definition) is 2. The van der Waals surface area contributed by atoms with Gasteiger partial charge in [0.05, 0.1) is 0 Å². The van der Waals surface area contributed by atoms with Crippen LogP contribution in [0.3, 0.4) is 0 Å². The van der Waals surface area contributed by atoms with Crippen molar-refractivity contribution in [2.45, 2.75) is 11.4 Å². The number of fused-ring (bicyclic) bond motifs is 12. The van der Waals surface area contributed by atoms with Crippen molar-refractivity contribution in [1.29, 1.82) is 0 Å². The fraction of sp³-hybridized carbons (Fsp3) is 0.0164. The van der Waals surface area contributed by atoms with Gasteiger partial charge in [0, 0.05) is 11.4 Å². The van der Waals surface area contributed by atoms with Crippen LogP contribution < -0.4 is 26.1 Å². The number of rotatable bonds is 3. The lowest BCUT2D eigenvalue weighted by Crippen LogP contribution is -2.62. The molecule has 1 atom stereocenters. The summed E-state index contributed by atoms with van der Waals surface area (Å²) in [7, 11) is -2.70. The van der Waals surface area contributed by atoms with Gasteiger partial charge in [-0.3, -0.25) is 0 Å². The van der Waals surface area contributed by atoms with Gasteiger partial charge in [-0.2, -0.15) is 0 Å². The predicted molar refractivity (Wildman–Crippen MR) is 287 cm³/mol. The van der Waals surface area contributed by atoms with E-state index in [0.29, 0.717) is 0 Å².